The Kier molecular flexibility index (Phi) is 3.08. The Bertz CT molecular complexity index is 735. The maximum Gasteiger partial charge on any atom is 0.333 e. The standard InChI is InChI=1S/C10H9BrN6O3/c11-7-3-15(4-8(10(7)18)17(19)20)5-9-12-13-14-16(9)6-1-2-6/h3-4,6H,1-2,5H2. The number of halogens is 1. The molecular weight excluding hydrogens is 332 g/mol. The Labute approximate surface area is 120 Å². The summed E-state index contributed by atoms with van der Waals surface area (Å²) in [5.41, 5.74) is -1.13. The van der Waals surface area contributed by atoms with E-state index in [2.05, 4.69) is 31.5 Å². The summed E-state index contributed by atoms with van der Waals surface area (Å²) < 4.78 is 3.38. The van der Waals surface area contributed by atoms with E-state index in [1.54, 1.807) is 4.68 Å². The maximum atomic E-state index is 11.6. The van der Waals surface area contributed by atoms with Crippen LogP contribution in [0.4, 0.5) is 5.69 Å². The second-order valence-corrected chi connectivity index (χ2v) is 5.38. The fourth-order valence-electron chi connectivity index (χ4n) is 1.88. The van der Waals surface area contributed by atoms with Crippen LogP contribution in [-0.2, 0) is 6.54 Å². The quantitative estimate of drug-likeness (QED) is 0.603. The van der Waals surface area contributed by atoms with Gasteiger partial charge in [-0.15, -0.1) is 5.10 Å². The molecule has 0 bridgehead atoms. The minimum Gasteiger partial charge on any atom is -0.339 e. The van der Waals surface area contributed by atoms with Crippen molar-refractivity contribution in [2.45, 2.75) is 25.4 Å². The van der Waals surface area contributed by atoms with Crippen molar-refractivity contribution in [1.29, 1.82) is 0 Å². The Morgan fingerprint density at radius 3 is 2.85 bits per heavy atom. The first kappa shape index (κ1) is 12.9. The molecule has 10 heteroatoms. The smallest absolute Gasteiger partial charge is 0.333 e. The minimum absolute atomic E-state index is 0.136. The third kappa shape index (κ3) is 2.33. The van der Waals surface area contributed by atoms with Crippen molar-refractivity contribution in [3.05, 3.63) is 43.0 Å². The Morgan fingerprint density at radius 2 is 2.20 bits per heavy atom. The van der Waals surface area contributed by atoms with Gasteiger partial charge in [0, 0.05) is 6.20 Å². The van der Waals surface area contributed by atoms with E-state index in [0.29, 0.717) is 11.9 Å². The molecule has 0 saturated heterocycles. The van der Waals surface area contributed by atoms with Crippen molar-refractivity contribution in [2.24, 2.45) is 0 Å². The number of rotatable bonds is 4. The Hall–Kier alpha value is -2.10. The van der Waals surface area contributed by atoms with E-state index in [9.17, 15) is 14.9 Å². The van der Waals surface area contributed by atoms with Crippen LogP contribution in [0.2, 0.25) is 0 Å². The summed E-state index contributed by atoms with van der Waals surface area (Å²) in [5.74, 6) is 0.609. The van der Waals surface area contributed by atoms with Gasteiger partial charge in [-0.05, 0) is 39.2 Å². The minimum atomic E-state index is -0.701. The molecule has 0 N–H and O–H groups in total. The summed E-state index contributed by atoms with van der Waals surface area (Å²) in [6.45, 7) is 0.267. The first-order valence-corrected chi connectivity index (χ1v) is 6.66. The molecule has 0 amide bonds. The lowest BCUT2D eigenvalue weighted by atomic mass is 10.4. The lowest BCUT2D eigenvalue weighted by Gasteiger charge is -2.07. The highest BCUT2D eigenvalue weighted by Gasteiger charge is 2.28. The first-order chi connectivity index (χ1) is 9.56. The molecule has 2 aromatic heterocycles. The maximum absolute atomic E-state index is 11.6. The van der Waals surface area contributed by atoms with Gasteiger partial charge in [0.2, 0.25) is 0 Å². The van der Waals surface area contributed by atoms with Crippen molar-refractivity contribution >= 4 is 21.6 Å². The molecule has 2 aromatic rings. The second kappa shape index (κ2) is 4.78. The number of hydrogen-bond acceptors (Lipinski definition) is 6. The molecule has 0 aromatic carbocycles. The lowest BCUT2D eigenvalue weighted by Crippen LogP contribution is -2.15. The van der Waals surface area contributed by atoms with Crippen LogP contribution in [0.1, 0.15) is 24.7 Å². The van der Waals surface area contributed by atoms with E-state index in [1.165, 1.54) is 17.0 Å². The fourth-order valence-corrected chi connectivity index (χ4v) is 2.35. The zero-order chi connectivity index (χ0) is 14.3. The number of nitrogens with zero attached hydrogens (tertiary/aromatic N) is 6. The van der Waals surface area contributed by atoms with Crippen molar-refractivity contribution in [3.8, 4) is 0 Å². The molecule has 1 fully saturated rings. The van der Waals surface area contributed by atoms with Gasteiger partial charge < -0.3 is 4.57 Å². The third-order valence-corrected chi connectivity index (χ3v) is 3.56. The van der Waals surface area contributed by atoms with E-state index >= 15 is 0 Å². The monoisotopic (exact) mass is 340 g/mol. The zero-order valence-electron chi connectivity index (χ0n) is 10.1. The molecule has 0 unspecified atom stereocenters. The van der Waals surface area contributed by atoms with Crippen LogP contribution in [-0.4, -0.2) is 29.7 Å². The number of pyridine rings is 1. The molecule has 2 heterocycles. The predicted molar refractivity (Wildman–Crippen MR) is 70.2 cm³/mol. The second-order valence-electron chi connectivity index (χ2n) is 4.52. The number of nitro groups is 1. The number of hydrogen-bond donors (Lipinski definition) is 0. The molecule has 3 rings (SSSR count). The summed E-state index contributed by atoms with van der Waals surface area (Å²) >= 11 is 3.03. The normalized spacial score (nSPS) is 14.4. The van der Waals surface area contributed by atoms with E-state index in [1.807, 2.05) is 0 Å². The number of aromatic nitrogens is 5. The predicted octanol–water partition coefficient (Wildman–Crippen LogP) is 0.889. The van der Waals surface area contributed by atoms with E-state index in [-0.39, 0.29) is 11.0 Å². The van der Waals surface area contributed by atoms with Gasteiger partial charge in [-0.25, -0.2) is 4.68 Å². The summed E-state index contributed by atoms with van der Waals surface area (Å²) in [6.07, 6.45) is 4.75. The van der Waals surface area contributed by atoms with Gasteiger partial charge in [-0.1, -0.05) is 0 Å². The van der Waals surface area contributed by atoms with Crippen molar-refractivity contribution in [1.82, 2.24) is 24.8 Å². The van der Waals surface area contributed by atoms with Gasteiger partial charge in [0.05, 0.1) is 28.2 Å². The molecule has 104 valence electrons. The van der Waals surface area contributed by atoms with Crippen molar-refractivity contribution in [3.63, 3.8) is 0 Å². The average Bonchev–Trinajstić information content (AvgIpc) is 3.14. The topological polar surface area (TPSA) is 109 Å². The zero-order valence-corrected chi connectivity index (χ0v) is 11.7. The molecular formula is C10H9BrN6O3. The molecule has 9 nitrogen and oxygen atoms in total. The third-order valence-electron chi connectivity index (χ3n) is 2.99. The van der Waals surface area contributed by atoms with Gasteiger partial charge in [-0.3, -0.25) is 14.9 Å². The van der Waals surface area contributed by atoms with Gasteiger partial charge in [-0.2, -0.15) is 0 Å². The highest BCUT2D eigenvalue weighted by Crippen LogP contribution is 2.34. The van der Waals surface area contributed by atoms with Gasteiger partial charge in [0.25, 0.3) is 5.43 Å². The average molecular weight is 341 g/mol. The van der Waals surface area contributed by atoms with Crippen LogP contribution in [0.15, 0.2) is 21.7 Å². The fraction of sp³-hybridized carbons (Fsp3) is 0.400. The molecule has 0 aliphatic heterocycles. The summed E-state index contributed by atoms with van der Waals surface area (Å²) in [6, 6.07) is 0.317. The molecule has 20 heavy (non-hydrogen) atoms. The van der Waals surface area contributed by atoms with E-state index in [4.69, 9.17) is 0 Å². The van der Waals surface area contributed by atoms with Gasteiger partial charge >= 0.3 is 5.69 Å². The van der Waals surface area contributed by atoms with E-state index in [0.717, 1.165) is 12.8 Å². The van der Waals surface area contributed by atoms with Crippen LogP contribution in [0.3, 0.4) is 0 Å². The lowest BCUT2D eigenvalue weighted by molar-refractivity contribution is -0.386. The van der Waals surface area contributed by atoms with Crippen LogP contribution in [0, 0.1) is 10.1 Å². The highest BCUT2D eigenvalue weighted by molar-refractivity contribution is 9.10. The molecule has 1 saturated carbocycles. The Morgan fingerprint density at radius 1 is 1.45 bits per heavy atom. The van der Waals surface area contributed by atoms with Crippen LogP contribution >= 0.6 is 15.9 Å². The van der Waals surface area contributed by atoms with Crippen LogP contribution < -0.4 is 5.43 Å². The highest BCUT2D eigenvalue weighted by atomic mass is 79.9. The molecule has 0 spiro atoms. The molecule has 0 radical (unpaired) electrons. The van der Waals surface area contributed by atoms with Crippen molar-refractivity contribution in [2.75, 3.05) is 0 Å². The summed E-state index contributed by atoms with van der Waals surface area (Å²) in [7, 11) is 0. The number of tetrazole rings is 1. The molecule has 1 aliphatic carbocycles. The van der Waals surface area contributed by atoms with Gasteiger partial charge in [0.1, 0.15) is 0 Å². The van der Waals surface area contributed by atoms with E-state index < -0.39 is 16.0 Å². The van der Waals surface area contributed by atoms with Crippen LogP contribution in [0.25, 0.3) is 0 Å². The first-order valence-electron chi connectivity index (χ1n) is 5.87. The van der Waals surface area contributed by atoms with Crippen LogP contribution in [0.5, 0.6) is 0 Å². The SMILES string of the molecule is O=c1c(Br)cn(Cc2nnnn2C2CC2)cc1[N+](=O)[O-]. The van der Waals surface area contributed by atoms with Gasteiger partial charge in [0.15, 0.2) is 5.82 Å². The van der Waals surface area contributed by atoms with Crippen molar-refractivity contribution < 1.29 is 4.92 Å². The Balaban J connectivity index is 1.96. The summed E-state index contributed by atoms with van der Waals surface area (Å²) in [5, 5.41) is 22.3. The summed E-state index contributed by atoms with van der Waals surface area (Å²) in [4.78, 5) is 21.7. The largest absolute Gasteiger partial charge is 0.339 e. The molecule has 0 atom stereocenters. The molecule has 1 aliphatic rings.